The van der Waals surface area contributed by atoms with Crippen molar-refractivity contribution in [3.8, 4) is 28.8 Å². The first-order chi connectivity index (χ1) is 22.6. The van der Waals surface area contributed by atoms with E-state index >= 15 is 0 Å². The van der Waals surface area contributed by atoms with Crippen LogP contribution in [0.15, 0.2) is 42.7 Å². The molecule has 2 unspecified atom stereocenters. The maximum absolute atomic E-state index is 14.9. The Bertz CT molecular complexity index is 1640. The lowest BCUT2D eigenvalue weighted by Crippen LogP contribution is -2.56. The fourth-order valence-electron chi connectivity index (χ4n) is 5.88. The molecule has 5 heterocycles. The van der Waals surface area contributed by atoms with Crippen LogP contribution in [0.3, 0.4) is 0 Å². The van der Waals surface area contributed by atoms with Gasteiger partial charge >= 0.3 is 5.92 Å². The molecule has 0 saturated carbocycles. The topological polar surface area (TPSA) is 149 Å². The summed E-state index contributed by atoms with van der Waals surface area (Å²) in [6, 6.07) is 10.6. The zero-order chi connectivity index (χ0) is 33.1. The van der Waals surface area contributed by atoms with Gasteiger partial charge < -0.3 is 34.4 Å². The van der Waals surface area contributed by atoms with Crippen LogP contribution in [0, 0.1) is 11.3 Å². The molecular weight excluding hydrogens is 614 g/mol. The molecule has 13 nitrogen and oxygen atoms in total. The average molecular weight is 651 g/mol. The molecule has 2 aromatic heterocycles. The normalized spacial score (nSPS) is 20.6. The van der Waals surface area contributed by atoms with E-state index in [0.717, 1.165) is 50.1 Å². The van der Waals surface area contributed by atoms with E-state index in [4.69, 9.17) is 14.2 Å². The van der Waals surface area contributed by atoms with Gasteiger partial charge in [-0.15, -0.1) is 0 Å². The lowest BCUT2D eigenvalue weighted by molar-refractivity contribution is -0.165. The van der Waals surface area contributed by atoms with E-state index in [0.29, 0.717) is 28.7 Å². The number of hydrogen-bond acceptors (Lipinski definition) is 12. The first-order valence-corrected chi connectivity index (χ1v) is 15.4. The van der Waals surface area contributed by atoms with Crippen molar-refractivity contribution >= 4 is 23.4 Å². The minimum atomic E-state index is -3.38. The lowest BCUT2D eigenvalue weighted by atomic mass is 10.0. The van der Waals surface area contributed by atoms with E-state index in [1.165, 1.54) is 19.1 Å². The molecule has 0 bridgehead atoms. The summed E-state index contributed by atoms with van der Waals surface area (Å²) in [6.07, 6.45) is 0.184. The standard InChI is InChI=1S/C32H36F2N8O5/c1-20(43)30(44)42-8-6-28(32(33,34)19-42)47-26-4-3-21(13-22(26)15-35)25-5-7-36-31(39-25)38-23-14-27(45-2)29(37-16-23)41-11-9-40(10-12-41)24-17-46-18-24/h3-5,7,13-14,16,20,24,28,43H,6,8-12,17-19H2,1-2H3,(H,36,38,39). The number of aromatic nitrogens is 3. The number of alkyl halides is 2. The number of ether oxygens (including phenoxy) is 3. The number of amides is 1. The van der Waals surface area contributed by atoms with Crippen molar-refractivity contribution in [2.75, 3.05) is 69.8 Å². The second-order valence-corrected chi connectivity index (χ2v) is 11.8. The maximum Gasteiger partial charge on any atom is 0.301 e. The van der Waals surface area contributed by atoms with Crippen molar-refractivity contribution in [2.24, 2.45) is 0 Å². The summed E-state index contributed by atoms with van der Waals surface area (Å²) in [5.41, 5.74) is 1.73. The van der Waals surface area contributed by atoms with Crippen LogP contribution in [0.5, 0.6) is 11.5 Å². The van der Waals surface area contributed by atoms with Crippen LogP contribution in [0.1, 0.15) is 18.9 Å². The number of hydrogen-bond donors (Lipinski definition) is 2. The van der Waals surface area contributed by atoms with Gasteiger partial charge in [0.2, 0.25) is 5.95 Å². The van der Waals surface area contributed by atoms with Gasteiger partial charge in [0.25, 0.3) is 5.91 Å². The number of pyridine rings is 1. The number of nitrogens with one attached hydrogen (secondary N) is 1. The summed E-state index contributed by atoms with van der Waals surface area (Å²) in [6.45, 7) is 5.47. The number of rotatable bonds is 9. The SMILES string of the molecule is COc1cc(Nc2nccc(-c3ccc(OC4CCN(C(=O)C(C)O)CC4(F)F)c(C#N)c3)n2)cnc1N1CCN(C2COC2)CC1. The van der Waals surface area contributed by atoms with Crippen LogP contribution >= 0.6 is 0 Å². The van der Waals surface area contributed by atoms with Gasteiger partial charge in [0.1, 0.15) is 17.9 Å². The van der Waals surface area contributed by atoms with Crippen molar-refractivity contribution in [1.29, 1.82) is 5.26 Å². The van der Waals surface area contributed by atoms with Crippen LogP contribution in [0.4, 0.5) is 26.2 Å². The van der Waals surface area contributed by atoms with Gasteiger partial charge in [-0.1, -0.05) is 0 Å². The molecule has 3 fully saturated rings. The van der Waals surface area contributed by atoms with Crippen LogP contribution in [-0.4, -0.2) is 120 Å². The fourth-order valence-corrected chi connectivity index (χ4v) is 5.88. The minimum Gasteiger partial charge on any atom is -0.493 e. The second-order valence-electron chi connectivity index (χ2n) is 11.8. The Labute approximate surface area is 270 Å². The number of benzene rings is 1. The minimum absolute atomic E-state index is 0.000333. The highest BCUT2D eigenvalue weighted by molar-refractivity contribution is 5.80. The number of likely N-dealkylation sites (tertiary alicyclic amines) is 1. The summed E-state index contributed by atoms with van der Waals surface area (Å²) in [7, 11) is 1.60. The Morgan fingerprint density at radius 3 is 2.60 bits per heavy atom. The Morgan fingerprint density at radius 2 is 1.94 bits per heavy atom. The molecule has 0 radical (unpaired) electrons. The molecule has 47 heavy (non-hydrogen) atoms. The van der Waals surface area contributed by atoms with E-state index in [-0.39, 0.29) is 30.2 Å². The number of anilines is 3. The summed E-state index contributed by atoms with van der Waals surface area (Å²) in [5.74, 6) is -2.47. The molecule has 2 atom stereocenters. The van der Waals surface area contributed by atoms with Crippen molar-refractivity contribution in [2.45, 2.75) is 37.5 Å². The first-order valence-electron chi connectivity index (χ1n) is 15.4. The molecule has 248 valence electrons. The first kappa shape index (κ1) is 32.3. The molecule has 0 aliphatic carbocycles. The highest BCUT2D eigenvalue weighted by atomic mass is 19.3. The van der Waals surface area contributed by atoms with Gasteiger partial charge in [-0.3, -0.25) is 9.69 Å². The number of nitriles is 1. The number of carbonyl (C=O) groups excluding carboxylic acids is 1. The predicted molar refractivity (Wildman–Crippen MR) is 167 cm³/mol. The number of aliphatic hydroxyl groups excluding tert-OH is 1. The number of aliphatic hydroxyl groups is 1. The van der Waals surface area contributed by atoms with Gasteiger partial charge in [0.05, 0.1) is 56.1 Å². The van der Waals surface area contributed by atoms with Crippen LogP contribution < -0.4 is 19.7 Å². The van der Waals surface area contributed by atoms with E-state index in [1.54, 1.807) is 31.6 Å². The van der Waals surface area contributed by atoms with Crippen molar-refractivity contribution in [3.63, 3.8) is 0 Å². The van der Waals surface area contributed by atoms with Crippen molar-refractivity contribution in [1.82, 2.24) is 24.8 Å². The van der Waals surface area contributed by atoms with Gasteiger partial charge in [-0.25, -0.2) is 23.7 Å². The summed E-state index contributed by atoms with van der Waals surface area (Å²) >= 11 is 0. The summed E-state index contributed by atoms with van der Waals surface area (Å²) < 4.78 is 46.5. The lowest BCUT2D eigenvalue weighted by Gasteiger charge is -2.43. The monoisotopic (exact) mass is 650 g/mol. The van der Waals surface area contributed by atoms with Crippen molar-refractivity contribution in [3.05, 3.63) is 48.3 Å². The van der Waals surface area contributed by atoms with Crippen LogP contribution in [0.25, 0.3) is 11.3 Å². The molecule has 15 heteroatoms. The Balaban J connectivity index is 1.12. The molecule has 1 amide bonds. The summed E-state index contributed by atoms with van der Waals surface area (Å²) in [4.78, 5) is 31.2. The Hall–Kier alpha value is -4.65. The number of nitrogens with zero attached hydrogens (tertiary/aromatic N) is 7. The highest BCUT2D eigenvalue weighted by Gasteiger charge is 2.48. The van der Waals surface area contributed by atoms with E-state index in [9.17, 15) is 23.9 Å². The second kappa shape index (κ2) is 13.6. The quantitative estimate of drug-likeness (QED) is 0.351. The summed E-state index contributed by atoms with van der Waals surface area (Å²) in [5, 5.41) is 22.5. The zero-order valence-corrected chi connectivity index (χ0v) is 26.1. The molecule has 3 aliphatic rings. The number of piperazine rings is 1. The van der Waals surface area contributed by atoms with Gasteiger partial charge in [-0.2, -0.15) is 5.26 Å². The third-order valence-electron chi connectivity index (χ3n) is 8.58. The van der Waals surface area contributed by atoms with E-state index < -0.39 is 30.6 Å². The van der Waals surface area contributed by atoms with E-state index in [2.05, 4.69) is 30.1 Å². The third kappa shape index (κ3) is 7.04. The Kier molecular flexibility index (Phi) is 9.35. The van der Waals surface area contributed by atoms with Crippen molar-refractivity contribution < 1.29 is 32.9 Å². The number of methoxy groups -OCH3 is 1. The smallest absolute Gasteiger partial charge is 0.301 e. The van der Waals surface area contributed by atoms with Gasteiger partial charge in [-0.05, 0) is 31.2 Å². The molecular formula is C32H36F2N8O5. The Morgan fingerprint density at radius 1 is 1.15 bits per heavy atom. The van der Waals surface area contributed by atoms with Gasteiger partial charge in [0.15, 0.2) is 17.7 Å². The zero-order valence-electron chi connectivity index (χ0n) is 26.1. The molecule has 3 aromatic rings. The molecule has 6 rings (SSSR count). The van der Waals surface area contributed by atoms with Gasteiger partial charge in [0, 0.05) is 57.0 Å². The highest BCUT2D eigenvalue weighted by Crippen LogP contribution is 2.35. The molecule has 0 spiro atoms. The number of piperidine rings is 1. The molecule has 1 aromatic carbocycles. The fraction of sp³-hybridized carbons (Fsp3) is 0.469. The predicted octanol–water partition coefficient (Wildman–Crippen LogP) is 2.68. The van der Waals surface area contributed by atoms with Crippen LogP contribution in [-0.2, 0) is 9.53 Å². The van der Waals surface area contributed by atoms with Crippen LogP contribution in [0.2, 0.25) is 0 Å². The van der Waals surface area contributed by atoms with E-state index in [1.807, 2.05) is 12.1 Å². The molecule has 2 N–H and O–H groups in total. The molecule has 3 aliphatic heterocycles. The number of carbonyl (C=O) groups is 1. The third-order valence-corrected chi connectivity index (χ3v) is 8.58. The molecule has 3 saturated heterocycles. The largest absolute Gasteiger partial charge is 0.493 e. The maximum atomic E-state index is 14.9. The number of halogens is 2. The average Bonchev–Trinajstić information content (AvgIpc) is 3.05.